The fourth-order valence-electron chi connectivity index (χ4n) is 2.45. The zero-order valence-corrected chi connectivity index (χ0v) is 14.0. The fraction of sp³-hybridized carbons (Fsp3) is 0. The molecule has 0 spiro atoms. The Kier molecular flexibility index (Phi) is 4.14. The summed E-state index contributed by atoms with van der Waals surface area (Å²) in [5, 5.41) is 3.79. The van der Waals surface area contributed by atoms with E-state index in [1.807, 2.05) is 42.5 Å². The van der Waals surface area contributed by atoms with Gasteiger partial charge in [0.05, 0.1) is 16.5 Å². The number of benzene rings is 2. The zero-order valence-electron chi connectivity index (χ0n) is 13.2. The predicted molar refractivity (Wildman–Crippen MR) is 101 cm³/mol. The Hall–Kier alpha value is -3.18. The van der Waals surface area contributed by atoms with Crippen LogP contribution in [0.15, 0.2) is 77.4 Å². The highest BCUT2D eigenvalue weighted by molar-refractivity contribution is 7.21. The summed E-state index contributed by atoms with van der Waals surface area (Å²) < 4.78 is 6.31. The highest BCUT2D eigenvalue weighted by Gasteiger charge is 2.07. The number of nitrogens with one attached hydrogen (secondary N) is 1. The van der Waals surface area contributed by atoms with Gasteiger partial charge in [-0.3, -0.25) is 4.79 Å². The summed E-state index contributed by atoms with van der Waals surface area (Å²) in [7, 11) is 0. The number of aromatic nitrogens is 1. The molecule has 2 aromatic heterocycles. The second-order valence-electron chi connectivity index (χ2n) is 5.41. The van der Waals surface area contributed by atoms with Gasteiger partial charge in [-0.05, 0) is 42.5 Å². The minimum atomic E-state index is -0.210. The van der Waals surface area contributed by atoms with Crippen molar-refractivity contribution in [1.82, 2.24) is 4.98 Å². The maximum atomic E-state index is 12.0. The molecule has 122 valence electrons. The van der Waals surface area contributed by atoms with E-state index in [2.05, 4.69) is 16.4 Å². The number of nitrogens with zero attached hydrogens (tertiary/aromatic N) is 1. The Morgan fingerprint density at radius 2 is 2.00 bits per heavy atom. The van der Waals surface area contributed by atoms with Crippen molar-refractivity contribution < 1.29 is 9.21 Å². The number of rotatable bonds is 4. The molecule has 0 unspecified atom stereocenters. The third kappa shape index (κ3) is 3.51. The number of carbonyl (C=O) groups is 1. The van der Waals surface area contributed by atoms with Crippen LogP contribution in [-0.2, 0) is 4.79 Å². The van der Waals surface area contributed by atoms with Gasteiger partial charge < -0.3 is 9.73 Å². The molecule has 0 aliphatic rings. The third-order valence-corrected chi connectivity index (χ3v) is 4.70. The van der Waals surface area contributed by atoms with E-state index in [4.69, 9.17) is 4.42 Å². The zero-order chi connectivity index (χ0) is 17.1. The van der Waals surface area contributed by atoms with Crippen LogP contribution < -0.4 is 5.32 Å². The van der Waals surface area contributed by atoms with Crippen LogP contribution in [0, 0.1) is 0 Å². The smallest absolute Gasteiger partial charge is 0.248 e. The number of para-hydroxylation sites is 1. The molecule has 4 rings (SSSR count). The van der Waals surface area contributed by atoms with Crippen LogP contribution in [0.4, 0.5) is 5.69 Å². The van der Waals surface area contributed by atoms with Crippen LogP contribution in [0.1, 0.15) is 5.76 Å². The van der Waals surface area contributed by atoms with Gasteiger partial charge in [0, 0.05) is 17.3 Å². The van der Waals surface area contributed by atoms with E-state index in [0.29, 0.717) is 5.76 Å². The third-order valence-electron chi connectivity index (χ3n) is 3.61. The van der Waals surface area contributed by atoms with Crippen LogP contribution in [0.25, 0.3) is 26.9 Å². The largest absolute Gasteiger partial charge is 0.465 e. The summed E-state index contributed by atoms with van der Waals surface area (Å²) in [6.45, 7) is 0. The molecule has 0 saturated carbocycles. The minimum absolute atomic E-state index is 0.210. The molecule has 0 saturated heterocycles. The topological polar surface area (TPSA) is 55.1 Å². The Labute approximate surface area is 148 Å². The fourth-order valence-corrected chi connectivity index (χ4v) is 3.42. The van der Waals surface area contributed by atoms with Crippen LogP contribution in [0.2, 0.25) is 0 Å². The quantitative estimate of drug-likeness (QED) is 0.516. The average Bonchev–Trinajstić information content (AvgIpc) is 3.29. The number of hydrogen-bond donors (Lipinski definition) is 1. The summed E-state index contributed by atoms with van der Waals surface area (Å²) in [6.07, 6.45) is 4.65. The standard InChI is InChI=1S/C20H14N2O2S/c23-19(11-10-16-7-4-12-24-16)21-15-6-3-5-14(13-15)20-22-17-8-1-2-9-18(17)25-20/h1-13H,(H,21,23)/b11-10-. The number of furan rings is 1. The molecule has 4 nitrogen and oxygen atoms in total. The molecule has 1 amide bonds. The number of thiazole rings is 1. The molecule has 0 aliphatic carbocycles. The Morgan fingerprint density at radius 3 is 2.84 bits per heavy atom. The second-order valence-corrected chi connectivity index (χ2v) is 6.44. The van der Waals surface area contributed by atoms with E-state index in [0.717, 1.165) is 26.5 Å². The van der Waals surface area contributed by atoms with Crippen molar-refractivity contribution in [2.75, 3.05) is 5.32 Å². The molecule has 2 aromatic carbocycles. The number of fused-ring (bicyclic) bond motifs is 1. The predicted octanol–water partition coefficient (Wildman–Crippen LogP) is 5.21. The van der Waals surface area contributed by atoms with Crippen molar-refractivity contribution >= 4 is 39.2 Å². The Bertz CT molecular complexity index is 1020. The van der Waals surface area contributed by atoms with Crippen molar-refractivity contribution in [3.8, 4) is 10.6 Å². The van der Waals surface area contributed by atoms with Gasteiger partial charge in [0.15, 0.2) is 0 Å². The summed E-state index contributed by atoms with van der Waals surface area (Å²) >= 11 is 1.64. The van der Waals surface area contributed by atoms with Gasteiger partial charge in [-0.15, -0.1) is 11.3 Å². The summed E-state index contributed by atoms with van der Waals surface area (Å²) in [5.41, 5.74) is 2.69. The summed E-state index contributed by atoms with van der Waals surface area (Å²) in [4.78, 5) is 16.7. The lowest BCUT2D eigenvalue weighted by atomic mass is 10.2. The molecule has 0 fully saturated rings. The lowest BCUT2D eigenvalue weighted by Gasteiger charge is -2.04. The van der Waals surface area contributed by atoms with E-state index >= 15 is 0 Å². The maximum absolute atomic E-state index is 12.0. The van der Waals surface area contributed by atoms with Gasteiger partial charge in [-0.1, -0.05) is 24.3 Å². The van der Waals surface area contributed by atoms with Gasteiger partial charge in [-0.2, -0.15) is 0 Å². The van der Waals surface area contributed by atoms with Crippen LogP contribution in [0.5, 0.6) is 0 Å². The van der Waals surface area contributed by atoms with Crippen molar-refractivity contribution in [3.63, 3.8) is 0 Å². The van der Waals surface area contributed by atoms with E-state index in [-0.39, 0.29) is 5.91 Å². The highest BCUT2D eigenvalue weighted by atomic mass is 32.1. The summed E-state index contributed by atoms with van der Waals surface area (Å²) in [6, 6.07) is 19.3. The number of hydrogen-bond acceptors (Lipinski definition) is 4. The molecule has 4 aromatic rings. The molecule has 2 heterocycles. The van der Waals surface area contributed by atoms with E-state index in [1.165, 1.54) is 6.08 Å². The van der Waals surface area contributed by atoms with Crippen LogP contribution in [-0.4, -0.2) is 10.9 Å². The van der Waals surface area contributed by atoms with E-state index in [9.17, 15) is 4.79 Å². The van der Waals surface area contributed by atoms with Crippen molar-refractivity contribution in [2.24, 2.45) is 0 Å². The Morgan fingerprint density at radius 1 is 1.08 bits per heavy atom. The molecule has 1 N–H and O–H groups in total. The molecule has 25 heavy (non-hydrogen) atoms. The van der Waals surface area contributed by atoms with Gasteiger partial charge in [-0.25, -0.2) is 4.98 Å². The van der Waals surface area contributed by atoms with Gasteiger partial charge in [0.25, 0.3) is 0 Å². The first-order chi connectivity index (χ1) is 12.3. The van der Waals surface area contributed by atoms with E-state index < -0.39 is 0 Å². The van der Waals surface area contributed by atoms with Gasteiger partial charge in [0.2, 0.25) is 5.91 Å². The van der Waals surface area contributed by atoms with Crippen molar-refractivity contribution in [2.45, 2.75) is 0 Å². The van der Waals surface area contributed by atoms with Crippen molar-refractivity contribution in [3.05, 3.63) is 78.8 Å². The normalized spacial score (nSPS) is 11.2. The Balaban J connectivity index is 1.54. The number of carbonyl (C=O) groups excluding carboxylic acids is 1. The van der Waals surface area contributed by atoms with Gasteiger partial charge in [0.1, 0.15) is 10.8 Å². The molecule has 0 bridgehead atoms. The van der Waals surface area contributed by atoms with Crippen molar-refractivity contribution in [1.29, 1.82) is 0 Å². The lowest BCUT2D eigenvalue weighted by molar-refractivity contribution is -0.111. The second kappa shape index (κ2) is 6.75. The monoisotopic (exact) mass is 346 g/mol. The van der Waals surface area contributed by atoms with Gasteiger partial charge >= 0.3 is 0 Å². The maximum Gasteiger partial charge on any atom is 0.248 e. The first-order valence-corrected chi connectivity index (χ1v) is 8.58. The minimum Gasteiger partial charge on any atom is -0.465 e. The average molecular weight is 346 g/mol. The first kappa shape index (κ1) is 15.4. The number of anilines is 1. The molecule has 5 heteroatoms. The molecule has 0 atom stereocenters. The first-order valence-electron chi connectivity index (χ1n) is 7.76. The highest BCUT2D eigenvalue weighted by Crippen LogP contribution is 2.31. The molecular formula is C20H14N2O2S. The van der Waals surface area contributed by atoms with E-state index in [1.54, 1.807) is 35.8 Å². The molecular weight excluding hydrogens is 332 g/mol. The SMILES string of the molecule is O=C(/C=C\c1ccco1)Nc1cccc(-c2nc3ccccc3s2)c1. The summed E-state index contributed by atoms with van der Waals surface area (Å²) in [5.74, 6) is 0.427. The molecule has 0 aliphatic heterocycles. The number of amides is 1. The molecule has 0 radical (unpaired) electrons. The van der Waals surface area contributed by atoms with Crippen LogP contribution >= 0.6 is 11.3 Å². The lowest BCUT2D eigenvalue weighted by Crippen LogP contribution is -2.07. The van der Waals surface area contributed by atoms with Crippen LogP contribution in [0.3, 0.4) is 0 Å².